The molecule has 1 fully saturated rings. The molecule has 1 aliphatic carbocycles. The van der Waals surface area contributed by atoms with Gasteiger partial charge >= 0.3 is 0 Å². The van der Waals surface area contributed by atoms with Crippen LogP contribution in [0.1, 0.15) is 37.7 Å². The van der Waals surface area contributed by atoms with E-state index in [0.717, 1.165) is 24.8 Å². The van der Waals surface area contributed by atoms with Crippen molar-refractivity contribution in [2.75, 3.05) is 0 Å². The zero-order valence-electron chi connectivity index (χ0n) is 8.83. The predicted octanol–water partition coefficient (Wildman–Crippen LogP) is 3.62. The van der Waals surface area contributed by atoms with Gasteiger partial charge in [-0.3, -0.25) is 0 Å². The van der Waals surface area contributed by atoms with Crippen LogP contribution in [0, 0.1) is 22.6 Å². The van der Waals surface area contributed by atoms with Gasteiger partial charge in [-0.05, 0) is 36.5 Å². The third kappa shape index (κ3) is 1.63. The lowest BCUT2D eigenvalue weighted by molar-refractivity contribution is 0.175. The van der Waals surface area contributed by atoms with Crippen LogP contribution in [0.15, 0.2) is 24.3 Å². The standard InChI is InChI=1S/C13H14FN/c1-10(13(9-15)6-3-7-13)11-4-2-5-12(14)8-11/h2,4-5,8,10H,3,6-7H2,1H3. The molecule has 1 aliphatic rings. The normalized spacial score (nSPS) is 20.1. The van der Waals surface area contributed by atoms with E-state index in [1.165, 1.54) is 6.07 Å². The number of rotatable bonds is 2. The van der Waals surface area contributed by atoms with Crippen molar-refractivity contribution in [1.29, 1.82) is 5.26 Å². The van der Waals surface area contributed by atoms with Gasteiger partial charge in [0.1, 0.15) is 5.82 Å². The van der Waals surface area contributed by atoms with Crippen LogP contribution in [0.5, 0.6) is 0 Å². The van der Waals surface area contributed by atoms with Crippen LogP contribution in [-0.4, -0.2) is 0 Å². The van der Waals surface area contributed by atoms with Gasteiger partial charge in [-0.15, -0.1) is 0 Å². The van der Waals surface area contributed by atoms with Gasteiger partial charge in [-0.25, -0.2) is 4.39 Å². The van der Waals surface area contributed by atoms with E-state index in [-0.39, 0.29) is 17.2 Å². The maximum absolute atomic E-state index is 13.1. The highest BCUT2D eigenvalue weighted by atomic mass is 19.1. The van der Waals surface area contributed by atoms with Gasteiger partial charge < -0.3 is 0 Å². The molecule has 0 amide bonds. The summed E-state index contributed by atoms with van der Waals surface area (Å²) < 4.78 is 13.1. The molecule has 1 aromatic rings. The zero-order valence-corrected chi connectivity index (χ0v) is 8.83. The van der Waals surface area contributed by atoms with Crippen molar-refractivity contribution in [3.63, 3.8) is 0 Å². The second-order valence-electron chi connectivity index (χ2n) is 4.40. The summed E-state index contributed by atoms with van der Waals surface area (Å²) in [5.74, 6) is -0.0845. The first-order chi connectivity index (χ1) is 7.18. The molecular weight excluding hydrogens is 189 g/mol. The van der Waals surface area contributed by atoms with Crippen LogP contribution < -0.4 is 0 Å². The van der Waals surface area contributed by atoms with Gasteiger partial charge in [0, 0.05) is 0 Å². The van der Waals surface area contributed by atoms with Gasteiger partial charge in [0.05, 0.1) is 11.5 Å². The molecule has 2 heteroatoms. The quantitative estimate of drug-likeness (QED) is 0.720. The Balaban J connectivity index is 2.28. The summed E-state index contributed by atoms with van der Waals surface area (Å²) in [6.45, 7) is 2.02. The molecule has 2 rings (SSSR count). The fraction of sp³-hybridized carbons (Fsp3) is 0.462. The van der Waals surface area contributed by atoms with E-state index in [9.17, 15) is 9.65 Å². The maximum Gasteiger partial charge on any atom is 0.123 e. The SMILES string of the molecule is CC(c1cccc(F)c1)C1(C#N)CCC1. The van der Waals surface area contributed by atoms with E-state index >= 15 is 0 Å². The van der Waals surface area contributed by atoms with Crippen molar-refractivity contribution in [2.45, 2.75) is 32.1 Å². The Morgan fingerprint density at radius 1 is 1.47 bits per heavy atom. The van der Waals surface area contributed by atoms with E-state index in [0.29, 0.717) is 0 Å². The molecule has 0 saturated heterocycles. The van der Waals surface area contributed by atoms with Gasteiger partial charge in [-0.2, -0.15) is 5.26 Å². The lowest BCUT2D eigenvalue weighted by Gasteiger charge is -2.40. The van der Waals surface area contributed by atoms with Crippen molar-refractivity contribution in [3.05, 3.63) is 35.6 Å². The summed E-state index contributed by atoms with van der Waals surface area (Å²) in [5.41, 5.74) is 0.699. The Morgan fingerprint density at radius 3 is 2.67 bits per heavy atom. The smallest absolute Gasteiger partial charge is 0.123 e. The Labute approximate surface area is 89.5 Å². The summed E-state index contributed by atoms with van der Waals surface area (Å²) in [4.78, 5) is 0. The molecule has 0 spiro atoms. The Kier molecular flexibility index (Phi) is 2.48. The minimum atomic E-state index is -0.242. The lowest BCUT2D eigenvalue weighted by Crippen LogP contribution is -2.33. The second-order valence-corrected chi connectivity index (χ2v) is 4.40. The number of nitriles is 1. The molecule has 1 saturated carbocycles. The van der Waals surface area contributed by atoms with Crippen LogP contribution in [0.25, 0.3) is 0 Å². The first kappa shape index (κ1) is 10.2. The first-order valence-corrected chi connectivity index (χ1v) is 5.35. The van der Waals surface area contributed by atoms with E-state index < -0.39 is 0 Å². The predicted molar refractivity (Wildman–Crippen MR) is 56.7 cm³/mol. The molecule has 0 N–H and O–H groups in total. The van der Waals surface area contributed by atoms with Crippen LogP contribution in [0.3, 0.4) is 0 Å². The molecule has 1 unspecified atom stereocenters. The van der Waals surface area contributed by atoms with Crippen molar-refractivity contribution in [3.8, 4) is 6.07 Å². The third-order valence-electron chi connectivity index (χ3n) is 3.65. The van der Waals surface area contributed by atoms with Crippen LogP contribution >= 0.6 is 0 Å². The summed E-state index contributed by atoms with van der Waals surface area (Å²) >= 11 is 0. The molecule has 1 nitrogen and oxygen atoms in total. The molecule has 1 aromatic carbocycles. The molecule has 78 valence electrons. The number of halogens is 1. The minimum Gasteiger partial charge on any atom is -0.207 e. The monoisotopic (exact) mass is 203 g/mol. The molecule has 0 aromatic heterocycles. The highest BCUT2D eigenvalue weighted by molar-refractivity contribution is 5.27. The number of benzene rings is 1. The molecule has 0 bridgehead atoms. The van der Waals surface area contributed by atoms with Crippen LogP contribution in [0.4, 0.5) is 4.39 Å². The van der Waals surface area contributed by atoms with Gasteiger partial charge in [-0.1, -0.05) is 25.5 Å². The Bertz CT molecular complexity index is 401. The number of nitrogens with zero attached hydrogens (tertiary/aromatic N) is 1. The average molecular weight is 203 g/mol. The molecule has 1 atom stereocenters. The average Bonchev–Trinajstić information content (AvgIpc) is 2.17. The summed E-state index contributed by atoms with van der Waals surface area (Å²) in [5, 5.41) is 9.19. The molecule has 15 heavy (non-hydrogen) atoms. The van der Waals surface area contributed by atoms with Crippen molar-refractivity contribution in [2.24, 2.45) is 5.41 Å². The summed E-state index contributed by atoms with van der Waals surface area (Å²) in [6.07, 6.45) is 3.01. The van der Waals surface area contributed by atoms with Gasteiger partial charge in [0.2, 0.25) is 0 Å². The molecule has 0 aliphatic heterocycles. The number of hydrogen-bond donors (Lipinski definition) is 0. The Morgan fingerprint density at radius 2 is 2.20 bits per heavy atom. The van der Waals surface area contributed by atoms with Crippen molar-refractivity contribution < 1.29 is 4.39 Å². The zero-order chi connectivity index (χ0) is 10.9. The highest BCUT2D eigenvalue weighted by Gasteiger charge is 2.42. The van der Waals surface area contributed by atoms with E-state index in [1.54, 1.807) is 12.1 Å². The van der Waals surface area contributed by atoms with Crippen molar-refractivity contribution >= 4 is 0 Å². The van der Waals surface area contributed by atoms with Gasteiger partial charge in [0.25, 0.3) is 0 Å². The highest BCUT2D eigenvalue weighted by Crippen LogP contribution is 2.50. The second kappa shape index (κ2) is 3.66. The van der Waals surface area contributed by atoms with E-state index in [4.69, 9.17) is 0 Å². The molecular formula is C13H14FN. The first-order valence-electron chi connectivity index (χ1n) is 5.35. The van der Waals surface area contributed by atoms with Crippen molar-refractivity contribution in [1.82, 2.24) is 0 Å². The van der Waals surface area contributed by atoms with E-state index in [1.807, 2.05) is 13.0 Å². The minimum absolute atomic E-state index is 0.131. The Hall–Kier alpha value is -1.36. The molecule has 0 radical (unpaired) electrons. The van der Waals surface area contributed by atoms with Crippen LogP contribution in [0.2, 0.25) is 0 Å². The third-order valence-corrected chi connectivity index (χ3v) is 3.65. The topological polar surface area (TPSA) is 23.8 Å². The number of hydrogen-bond acceptors (Lipinski definition) is 1. The van der Waals surface area contributed by atoms with E-state index in [2.05, 4.69) is 6.07 Å². The summed E-state index contributed by atoms with van der Waals surface area (Å²) in [6, 6.07) is 9.02. The largest absolute Gasteiger partial charge is 0.207 e. The maximum atomic E-state index is 13.1. The van der Waals surface area contributed by atoms with Crippen LogP contribution in [-0.2, 0) is 0 Å². The summed E-state index contributed by atoms with van der Waals surface area (Å²) in [7, 11) is 0. The fourth-order valence-corrected chi connectivity index (χ4v) is 2.29. The lowest BCUT2D eigenvalue weighted by atomic mass is 9.61. The van der Waals surface area contributed by atoms with Gasteiger partial charge in [0.15, 0.2) is 0 Å². The molecule has 0 heterocycles. The fourth-order valence-electron chi connectivity index (χ4n) is 2.29.